The first-order valence-corrected chi connectivity index (χ1v) is 10.9. The van der Waals surface area contributed by atoms with Gasteiger partial charge in [-0.25, -0.2) is 12.8 Å². The van der Waals surface area contributed by atoms with Crippen molar-refractivity contribution in [1.82, 2.24) is 9.21 Å². The molecule has 3 rings (SSSR count). The molecule has 1 saturated heterocycles. The fourth-order valence-corrected chi connectivity index (χ4v) is 5.02. The van der Waals surface area contributed by atoms with Crippen molar-refractivity contribution >= 4 is 15.9 Å². The number of nitrogens with zero attached hydrogens (tertiary/aromatic N) is 2. The topological polar surface area (TPSA) is 76.1 Å². The summed E-state index contributed by atoms with van der Waals surface area (Å²) in [5.41, 5.74) is 2.03. The minimum absolute atomic E-state index is 0.0100. The number of rotatable bonds is 5. The predicted octanol–water partition coefficient (Wildman–Crippen LogP) is 2.29. The Hall–Kier alpha value is -2.49. The van der Waals surface area contributed by atoms with Crippen molar-refractivity contribution in [3.8, 4) is 16.9 Å². The average molecular weight is 437 g/mol. The van der Waals surface area contributed by atoms with E-state index in [1.807, 2.05) is 0 Å². The van der Waals surface area contributed by atoms with E-state index in [0.717, 1.165) is 5.56 Å². The monoisotopic (exact) mass is 436 g/mol. The zero-order chi connectivity index (χ0) is 22.1. The molecular formula is C21H25FN2O5S. The van der Waals surface area contributed by atoms with E-state index in [1.54, 1.807) is 39.2 Å². The van der Waals surface area contributed by atoms with Gasteiger partial charge in [0.1, 0.15) is 22.6 Å². The molecule has 1 fully saturated rings. The highest BCUT2D eigenvalue weighted by Crippen LogP contribution is 2.34. The van der Waals surface area contributed by atoms with Crippen LogP contribution < -0.4 is 4.74 Å². The maximum absolute atomic E-state index is 13.5. The van der Waals surface area contributed by atoms with Gasteiger partial charge in [-0.1, -0.05) is 12.1 Å². The van der Waals surface area contributed by atoms with Gasteiger partial charge >= 0.3 is 0 Å². The highest BCUT2D eigenvalue weighted by Gasteiger charge is 2.36. The number of hydrogen-bond acceptors (Lipinski definition) is 5. The summed E-state index contributed by atoms with van der Waals surface area (Å²) >= 11 is 0. The number of amides is 1. The number of aryl methyl sites for hydroxylation is 1. The molecule has 162 valence electrons. The molecule has 9 heteroatoms. The van der Waals surface area contributed by atoms with Crippen LogP contribution in [-0.2, 0) is 19.6 Å². The van der Waals surface area contributed by atoms with Crippen molar-refractivity contribution in [3.05, 3.63) is 47.8 Å². The first-order valence-electron chi connectivity index (χ1n) is 9.42. The molecule has 0 aliphatic carbocycles. The van der Waals surface area contributed by atoms with Gasteiger partial charge in [0.05, 0.1) is 13.7 Å². The molecular weight excluding hydrogens is 411 g/mol. The highest BCUT2D eigenvalue weighted by atomic mass is 32.2. The quantitative estimate of drug-likeness (QED) is 0.719. The Bertz CT molecular complexity index is 1060. The van der Waals surface area contributed by atoms with Crippen molar-refractivity contribution in [2.75, 3.05) is 40.9 Å². The Morgan fingerprint density at radius 1 is 1.23 bits per heavy atom. The van der Waals surface area contributed by atoms with Crippen LogP contribution in [0.4, 0.5) is 4.39 Å². The molecule has 1 aliphatic rings. The molecule has 1 aliphatic heterocycles. The summed E-state index contributed by atoms with van der Waals surface area (Å²) in [6, 6.07) is 9.17. The minimum atomic E-state index is -3.96. The van der Waals surface area contributed by atoms with Crippen molar-refractivity contribution < 1.29 is 27.1 Å². The van der Waals surface area contributed by atoms with E-state index in [9.17, 15) is 17.6 Å². The van der Waals surface area contributed by atoms with Gasteiger partial charge in [-0.05, 0) is 47.9 Å². The van der Waals surface area contributed by atoms with Crippen molar-refractivity contribution in [1.29, 1.82) is 0 Å². The molecule has 0 aromatic heterocycles. The second-order valence-electron chi connectivity index (χ2n) is 7.28. The van der Waals surface area contributed by atoms with Gasteiger partial charge in [-0.15, -0.1) is 0 Å². The van der Waals surface area contributed by atoms with Gasteiger partial charge in [-0.2, -0.15) is 4.31 Å². The maximum Gasteiger partial charge on any atom is 0.252 e. The third-order valence-electron chi connectivity index (χ3n) is 5.03. The summed E-state index contributed by atoms with van der Waals surface area (Å²) in [6.45, 7) is 1.92. The van der Waals surface area contributed by atoms with Crippen LogP contribution >= 0.6 is 0 Å². The van der Waals surface area contributed by atoms with E-state index in [4.69, 9.17) is 9.47 Å². The molecule has 0 saturated carbocycles. The molecule has 1 heterocycles. The summed E-state index contributed by atoms with van der Waals surface area (Å²) in [5, 5.41) is 0. The Morgan fingerprint density at radius 3 is 2.60 bits per heavy atom. The average Bonchev–Trinajstić information content (AvgIpc) is 2.72. The Balaban J connectivity index is 2.01. The summed E-state index contributed by atoms with van der Waals surface area (Å²) in [4.78, 5) is 13.6. The Kier molecular flexibility index (Phi) is 6.44. The number of methoxy groups -OCH3 is 1. The van der Waals surface area contributed by atoms with Gasteiger partial charge in [0, 0.05) is 27.2 Å². The second kappa shape index (κ2) is 8.71. The van der Waals surface area contributed by atoms with Crippen LogP contribution in [0.25, 0.3) is 11.1 Å². The van der Waals surface area contributed by atoms with Crippen LogP contribution in [0.2, 0.25) is 0 Å². The molecule has 1 unspecified atom stereocenters. The first kappa shape index (κ1) is 22.2. The number of likely N-dealkylation sites (N-methyl/N-ethyl adjacent to an activating group) is 1. The lowest BCUT2D eigenvalue weighted by atomic mass is 10.0. The number of carbonyl (C=O) groups is 1. The van der Waals surface area contributed by atoms with E-state index in [2.05, 4.69) is 0 Å². The van der Waals surface area contributed by atoms with Gasteiger partial charge in [0.15, 0.2) is 0 Å². The lowest BCUT2D eigenvalue weighted by molar-refractivity contribution is -0.144. The lowest BCUT2D eigenvalue weighted by Crippen LogP contribution is -2.51. The normalized spacial score (nSPS) is 17.6. The van der Waals surface area contributed by atoms with Gasteiger partial charge in [0.2, 0.25) is 10.0 Å². The lowest BCUT2D eigenvalue weighted by Gasteiger charge is -2.32. The first-order chi connectivity index (χ1) is 14.1. The zero-order valence-corrected chi connectivity index (χ0v) is 18.2. The van der Waals surface area contributed by atoms with Gasteiger partial charge in [-0.3, -0.25) is 4.79 Å². The van der Waals surface area contributed by atoms with Crippen LogP contribution in [0.3, 0.4) is 0 Å². The molecule has 0 spiro atoms. The molecule has 0 N–H and O–H groups in total. The third kappa shape index (κ3) is 4.33. The molecule has 2 aromatic rings. The summed E-state index contributed by atoms with van der Waals surface area (Å²) < 4.78 is 52.4. The van der Waals surface area contributed by atoms with Gasteiger partial charge in [0.25, 0.3) is 5.91 Å². The predicted molar refractivity (Wildman–Crippen MR) is 110 cm³/mol. The van der Waals surface area contributed by atoms with Gasteiger partial charge < -0.3 is 14.4 Å². The van der Waals surface area contributed by atoms with Crippen LogP contribution in [0, 0.1) is 12.7 Å². The van der Waals surface area contributed by atoms with Crippen molar-refractivity contribution in [3.63, 3.8) is 0 Å². The highest BCUT2D eigenvalue weighted by molar-refractivity contribution is 7.89. The fraction of sp³-hybridized carbons (Fsp3) is 0.381. The van der Waals surface area contributed by atoms with Crippen LogP contribution in [0.1, 0.15) is 5.56 Å². The third-order valence-corrected chi connectivity index (χ3v) is 6.91. The molecule has 0 bridgehead atoms. The fourth-order valence-electron chi connectivity index (χ4n) is 3.42. The SMILES string of the molecule is COc1ccc(-c2ccc(F)cc2C)cc1S(=O)(=O)N1CCOC(C(=O)N(C)C)C1. The van der Waals surface area contributed by atoms with E-state index in [0.29, 0.717) is 11.1 Å². The largest absolute Gasteiger partial charge is 0.495 e. The maximum atomic E-state index is 13.5. The van der Waals surface area contributed by atoms with E-state index in [-0.39, 0.29) is 42.1 Å². The van der Waals surface area contributed by atoms with Crippen LogP contribution in [0.5, 0.6) is 5.75 Å². The summed E-state index contributed by atoms with van der Waals surface area (Å²) in [6.07, 6.45) is -0.864. The van der Waals surface area contributed by atoms with E-state index in [1.165, 1.54) is 34.5 Å². The molecule has 30 heavy (non-hydrogen) atoms. The number of hydrogen-bond donors (Lipinski definition) is 0. The van der Waals surface area contributed by atoms with E-state index >= 15 is 0 Å². The smallest absolute Gasteiger partial charge is 0.252 e. The van der Waals surface area contributed by atoms with Crippen LogP contribution in [0.15, 0.2) is 41.3 Å². The summed E-state index contributed by atoms with van der Waals surface area (Å²) in [5.74, 6) is -0.458. The van der Waals surface area contributed by atoms with E-state index < -0.39 is 16.1 Å². The Labute approximate surface area is 176 Å². The van der Waals surface area contributed by atoms with Crippen LogP contribution in [-0.4, -0.2) is 70.5 Å². The molecule has 2 aromatic carbocycles. The number of morpholine rings is 1. The summed E-state index contributed by atoms with van der Waals surface area (Å²) in [7, 11) is 0.621. The molecule has 1 amide bonds. The number of halogens is 1. The number of carbonyl (C=O) groups excluding carboxylic acids is 1. The minimum Gasteiger partial charge on any atom is -0.495 e. The number of benzene rings is 2. The number of ether oxygens (including phenoxy) is 2. The Morgan fingerprint density at radius 2 is 1.97 bits per heavy atom. The zero-order valence-electron chi connectivity index (χ0n) is 17.4. The van der Waals surface area contributed by atoms with Crippen molar-refractivity contribution in [2.45, 2.75) is 17.9 Å². The van der Waals surface area contributed by atoms with Crippen molar-refractivity contribution in [2.24, 2.45) is 0 Å². The molecule has 0 radical (unpaired) electrons. The second-order valence-corrected chi connectivity index (χ2v) is 9.19. The molecule has 7 nitrogen and oxygen atoms in total. The number of sulfonamides is 1. The molecule has 1 atom stereocenters. The standard InChI is InChI=1S/C21H25FN2O5S/c1-14-11-16(22)6-7-17(14)15-5-8-18(28-4)20(12-15)30(26,27)24-9-10-29-19(13-24)21(25)23(2)3/h5-8,11-12,19H,9-10,13H2,1-4H3.